The number of carbonyl (C=O) groups is 1. The minimum Gasteiger partial charge on any atom is -0.399 e. The summed E-state index contributed by atoms with van der Waals surface area (Å²) in [5.74, 6) is 0.0843. The molecule has 0 saturated carbocycles. The molecule has 0 spiro atoms. The highest BCUT2D eigenvalue weighted by Gasteiger charge is 2.44. The van der Waals surface area contributed by atoms with Crippen molar-refractivity contribution in [1.29, 1.82) is 0 Å². The van der Waals surface area contributed by atoms with Crippen LogP contribution in [-0.4, -0.2) is 24.2 Å². The minimum absolute atomic E-state index is 0.0843. The highest BCUT2D eigenvalue weighted by atomic mass is 16.5. The lowest BCUT2D eigenvalue weighted by molar-refractivity contribution is -0.136. The number of nitrogens with zero attached hydrogens (tertiary/aromatic N) is 1. The van der Waals surface area contributed by atoms with Crippen molar-refractivity contribution in [2.24, 2.45) is 0 Å². The summed E-state index contributed by atoms with van der Waals surface area (Å²) in [6, 6.07) is 5.95. The lowest BCUT2D eigenvalue weighted by Gasteiger charge is -2.31. The largest absolute Gasteiger partial charge is 0.399 e. The molecular formula is C15H20N2O2. The van der Waals surface area contributed by atoms with Crippen LogP contribution in [0.2, 0.25) is 0 Å². The lowest BCUT2D eigenvalue weighted by Crippen LogP contribution is -2.49. The van der Waals surface area contributed by atoms with Gasteiger partial charge in [-0.15, -0.1) is 0 Å². The molecule has 1 saturated heterocycles. The third-order valence-corrected chi connectivity index (χ3v) is 4.21. The standard InChI is InChI=1S/C15H20N2O2/c1-10-8-11-9-12(16)4-5-13(11)17(10)14(18)15(2)6-3-7-19-15/h4-5,9-10H,3,6-8,16H2,1-2H3. The number of ether oxygens (including phenoxy) is 1. The number of rotatable bonds is 1. The Morgan fingerprint density at radius 1 is 1.53 bits per heavy atom. The van der Waals surface area contributed by atoms with Crippen LogP contribution in [0.3, 0.4) is 0 Å². The molecule has 4 nitrogen and oxygen atoms in total. The van der Waals surface area contributed by atoms with E-state index in [0.29, 0.717) is 6.61 Å². The van der Waals surface area contributed by atoms with E-state index in [-0.39, 0.29) is 11.9 Å². The summed E-state index contributed by atoms with van der Waals surface area (Å²) in [6.07, 6.45) is 2.63. The molecule has 0 aliphatic carbocycles. The number of carbonyl (C=O) groups excluding carboxylic acids is 1. The fraction of sp³-hybridized carbons (Fsp3) is 0.533. The van der Waals surface area contributed by atoms with Crippen LogP contribution in [0.25, 0.3) is 0 Å². The molecule has 0 aromatic heterocycles. The van der Waals surface area contributed by atoms with Gasteiger partial charge in [0.2, 0.25) is 0 Å². The first kappa shape index (κ1) is 12.5. The maximum atomic E-state index is 12.8. The summed E-state index contributed by atoms with van der Waals surface area (Å²) in [5, 5.41) is 0. The highest BCUT2D eigenvalue weighted by molar-refractivity contribution is 6.01. The van der Waals surface area contributed by atoms with Gasteiger partial charge in [0.05, 0.1) is 0 Å². The number of amides is 1. The molecule has 1 aromatic rings. The number of fused-ring (bicyclic) bond motifs is 1. The fourth-order valence-electron chi connectivity index (χ4n) is 3.16. The van der Waals surface area contributed by atoms with Crippen molar-refractivity contribution in [2.45, 2.75) is 44.8 Å². The Bertz CT molecular complexity index is 521. The SMILES string of the molecule is CC1Cc2cc(N)ccc2N1C(=O)C1(C)CCCO1. The van der Waals surface area contributed by atoms with Gasteiger partial charge in [0.15, 0.2) is 0 Å². The number of benzene rings is 1. The Kier molecular flexibility index (Phi) is 2.78. The maximum Gasteiger partial charge on any atom is 0.259 e. The van der Waals surface area contributed by atoms with Crippen LogP contribution >= 0.6 is 0 Å². The van der Waals surface area contributed by atoms with Crippen LogP contribution < -0.4 is 10.6 Å². The summed E-state index contributed by atoms with van der Waals surface area (Å²) >= 11 is 0. The van der Waals surface area contributed by atoms with Crippen molar-refractivity contribution in [1.82, 2.24) is 0 Å². The van der Waals surface area contributed by atoms with Crippen LogP contribution in [0.4, 0.5) is 11.4 Å². The van der Waals surface area contributed by atoms with Gasteiger partial charge in [0.1, 0.15) is 5.60 Å². The number of hydrogen-bond acceptors (Lipinski definition) is 3. The predicted molar refractivity (Wildman–Crippen MR) is 75.1 cm³/mol. The highest BCUT2D eigenvalue weighted by Crippen LogP contribution is 2.37. The molecule has 2 heterocycles. The van der Waals surface area contributed by atoms with Gasteiger partial charge in [-0.3, -0.25) is 4.79 Å². The number of nitrogens with two attached hydrogens (primary N) is 1. The fourth-order valence-corrected chi connectivity index (χ4v) is 3.16. The predicted octanol–water partition coefficient (Wildman–Crippen LogP) is 2.12. The first-order chi connectivity index (χ1) is 9.01. The van der Waals surface area contributed by atoms with Gasteiger partial charge in [-0.2, -0.15) is 0 Å². The van der Waals surface area contributed by atoms with Crippen molar-refractivity contribution < 1.29 is 9.53 Å². The van der Waals surface area contributed by atoms with Crippen LogP contribution in [0, 0.1) is 0 Å². The Labute approximate surface area is 113 Å². The zero-order chi connectivity index (χ0) is 13.6. The van der Waals surface area contributed by atoms with Crippen molar-refractivity contribution in [3.05, 3.63) is 23.8 Å². The molecule has 0 radical (unpaired) electrons. The second kappa shape index (κ2) is 4.23. The second-order valence-corrected chi connectivity index (χ2v) is 5.80. The van der Waals surface area contributed by atoms with E-state index in [1.54, 1.807) is 0 Å². The van der Waals surface area contributed by atoms with E-state index in [1.807, 2.05) is 30.0 Å². The maximum absolute atomic E-state index is 12.8. The Morgan fingerprint density at radius 3 is 3.00 bits per heavy atom. The average Bonchev–Trinajstić information content (AvgIpc) is 2.92. The average molecular weight is 260 g/mol. The first-order valence-electron chi connectivity index (χ1n) is 6.87. The van der Waals surface area contributed by atoms with Crippen molar-refractivity contribution in [3.63, 3.8) is 0 Å². The smallest absolute Gasteiger partial charge is 0.259 e. The summed E-state index contributed by atoms with van der Waals surface area (Å²) in [4.78, 5) is 14.7. The molecule has 4 heteroatoms. The normalized spacial score (nSPS) is 29.6. The molecule has 2 atom stereocenters. The topological polar surface area (TPSA) is 55.6 Å². The van der Waals surface area contributed by atoms with Crippen LogP contribution in [0.1, 0.15) is 32.3 Å². The summed E-state index contributed by atoms with van der Waals surface area (Å²) in [5.41, 5.74) is 8.06. The zero-order valence-corrected chi connectivity index (χ0v) is 11.5. The third kappa shape index (κ3) is 1.91. The summed E-state index contributed by atoms with van der Waals surface area (Å²) < 4.78 is 5.69. The van der Waals surface area contributed by atoms with Gasteiger partial charge >= 0.3 is 0 Å². The molecule has 3 rings (SSSR count). The quantitative estimate of drug-likeness (QED) is 0.787. The Balaban J connectivity index is 1.96. The monoisotopic (exact) mass is 260 g/mol. The number of nitrogen functional groups attached to an aromatic ring is 1. The van der Waals surface area contributed by atoms with Gasteiger partial charge in [-0.05, 0) is 56.9 Å². The lowest BCUT2D eigenvalue weighted by atomic mass is 10.0. The first-order valence-corrected chi connectivity index (χ1v) is 6.87. The van der Waals surface area contributed by atoms with Gasteiger partial charge in [0.25, 0.3) is 5.91 Å². The molecule has 1 fully saturated rings. The minimum atomic E-state index is -0.655. The molecule has 1 amide bonds. The van der Waals surface area contributed by atoms with Crippen LogP contribution in [-0.2, 0) is 16.0 Å². The molecule has 19 heavy (non-hydrogen) atoms. The van der Waals surface area contributed by atoms with Gasteiger partial charge in [0, 0.05) is 24.0 Å². The molecule has 2 aliphatic rings. The molecule has 2 unspecified atom stereocenters. The molecular weight excluding hydrogens is 240 g/mol. The van der Waals surface area contributed by atoms with Gasteiger partial charge in [-0.1, -0.05) is 0 Å². The Hall–Kier alpha value is -1.55. The molecule has 1 aromatic carbocycles. The summed E-state index contributed by atoms with van der Waals surface area (Å²) in [6.45, 7) is 4.66. The van der Waals surface area contributed by atoms with Gasteiger partial charge in [-0.25, -0.2) is 0 Å². The van der Waals surface area contributed by atoms with Crippen molar-refractivity contribution in [3.8, 4) is 0 Å². The van der Waals surface area contributed by atoms with Crippen LogP contribution in [0.5, 0.6) is 0 Å². The molecule has 0 bridgehead atoms. The number of hydrogen-bond donors (Lipinski definition) is 1. The second-order valence-electron chi connectivity index (χ2n) is 5.80. The number of anilines is 2. The van der Waals surface area contributed by atoms with E-state index in [0.717, 1.165) is 36.2 Å². The van der Waals surface area contributed by atoms with E-state index >= 15 is 0 Å². The van der Waals surface area contributed by atoms with Gasteiger partial charge < -0.3 is 15.4 Å². The molecule has 102 valence electrons. The van der Waals surface area contributed by atoms with E-state index in [2.05, 4.69) is 6.92 Å². The van der Waals surface area contributed by atoms with Crippen molar-refractivity contribution in [2.75, 3.05) is 17.2 Å². The van der Waals surface area contributed by atoms with E-state index < -0.39 is 5.60 Å². The van der Waals surface area contributed by atoms with Crippen LogP contribution in [0.15, 0.2) is 18.2 Å². The van der Waals surface area contributed by atoms with E-state index in [1.165, 1.54) is 0 Å². The molecule has 2 N–H and O–H groups in total. The van der Waals surface area contributed by atoms with Crippen molar-refractivity contribution >= 4 is 17.3 Å². The zero-order valence-electron chi connectivity index (χ0n) is 11.5. The van der Waals surface area contributed by atoms with E-state index in [9.17, 15) is 4.79 Å². The summed E-state index contributed by atoms with van der Waals surface area (Å²) in [7, 11) is 0. The van der Waals surface area contributed by atoms with E-state index in [4.69, 9.17) is 10.5 Å². The third-order valence-electron chi connectivity index (χ3n) is 4.21. The Morgan fingerprint density at radius 2 is 2.32 bits per heavy atom. The molecule has 2 aliphatic heterocycles.